The van der Waals surface area contributed by atoms with Gasteiger partial charge in [0.1, 0.15) is 18.0 Å². The Morgan fingerprint density at radius 3 is 2.73 bits per heavy atom. The van der Waals surface area contributed by atoms with Crippen LogP contribution in [0.4, 0.5) is 0 Å². The van der Waals surface area contributed by atoms with Crippen LogP contribution in [0, 0.1) is 6.92 Å². The van der Waals surface area contributed by atoms with Gasteiger partial charge in [-0.3, -0.25) is 19.8 Å². The van der Waals surface area contributed by atoms with E-state index in [2.05, 4.69) is 21.8 Å². The van der Waals surface area contributed by atoms with Crippen molar-refractivity contribution in [2.75, 3.05) is 40.0 Å². The molecule has 2 saturated heterocycles. The molecule has 216 valence electrons. The highest BCUT2D eigenvalue weighted by atomic mass is 16.6. The molecular weight excluding hydrogens is 514 g/mol. The van der Waals surface area contributed by atoms with Crippen LogP contribution in [0.15, 0.2) is 35.3 Å². The Hall–Kier alpha value is -3.09. The Bertz CT molecular complexity index is 1380. The highest BCUT2D eigenvalue weighted by Gasteiger charge is 2.29. The molecule has 0 aliphatic carbocycles. The minimum absolute atomic E-state index is 0.0353. The van der Waals surface area contributed by atoms with E-state index in [4.69, 9.17) is 19.2 Å². The molecule has 0 spiro atoms. The molecule has 2 N–H and O–H groups in total. The van der Waals surface area contributed by atoms with E-state index in [1.54, 1.807) is 18.5 Å². The van der Waals surface area contributed by atoms with Crippen molar-refractivity contribution in [1.82, 2.24) is 24.3 Å². The van der Waals surface area contributed by atoms with E-state index >= 15 is 0 Å². The number of fused-ring (bicyclic) bond motifs is 1. The van der Waals surface area contributed by atoms with E-state index in [-0.39, 0.29) is 17.7 Å². The number of aryl methyl sites for hydroxylation is 2. The van der Waals surface area contributed by atoms with Crippen molar-refractivity contribution in [3.05, 3.63) is 51.9 Å². The van der Waals surface area contributed by atoms with Crippen LogP contribution in [-0.2, 0) is 39.1 Å². The second-order valence-electron chi connectivity index (χ2n) is 10.9. The van der Waals surface area contributed by atoms with Crippen LogP contribution in [0.5, 0.6) is 0 Å². The number of aliphatic hydroxyl groups is 1. The van der Waals surface area contributed by atoms with Crippen molar-refractivity contribution in [2.45, 2.75) is 57.6 Å². The molecule has 3 aromatic rings. The minimum Gasteiger partial charge on any atom is -0.459 e. The number of rotatable bonds is 9. The van der Waals surface area contributed by atoms with Crippen molar-refractivity contribution in [1.29, 1.82) is 0 Å². The highest BCUT2D eigenvalue weighted by molar-refractivity contribution is 5.81. The van der Waals surface area contributed by atoms with E-state index in [1.165, 1.54) is 0 Å². The molecule has 0 bridgehead atoms. The number of aliphatic hydroxyl groups excluding tert-OH is 1. The van der Waals surface area contributed by atoms with Gasteiger partial charge in [0, 0.05) is 50.4 Å². The smallest absolute Gasteiger partial charge is 0.326 e. The Morgan fingerprint density at radius 1 is 1.23 bits per heavy atom. The first-order valence-corrected chi connectivity index (χ1v) is 13.9. The number of likely N-dealkylation sites (N-methyl/N-ethyl adjacent to an activating group) is 1. The van der Waals surface area contributed by atoms with Gasteiger partial charge < -0.3 is 28.5 Å². The first kappa shape index (κ1) is 28.4. The predicted octanol–water partition coefficient (Wildman–Crippen LogP) is 1.21. The third-order valence-electron chi connectivity index (χ3n) is 7.78. The van der Waals surface area contributed by atoms with Gasteiger partial charge in [0.05, 0.1) is 49.6 Å². The Kier molecular flexibility index (Phi) is 8.67. The van der Waals surface area contributed by atoms with Gasteiger partial charge in [-0.15, -0.1) is 0 Å². The largest absolute Gasteiger partial charge is 0.459 e. The van der Waals surface area contributed by atoms with Gasteiger partial charge in [-0.1, -0.05) is 6.07 Å². The van der Waals surface area contributed by atoms with Crippen LogP contribution in [0.3, 0.4) is 0 Å². The van der Waals surface area contributed by atoms with Crippen molar-refractivity contribution >= 4 is 17.0 Å². The van der Waals surface area contributed by atoms with Crippen LogP contribution in [0.2, 0.25) is 0 Å². The standard InChI is InChI=1S/C29H39N5O6/c1-18-11-21(14-33(4)28(18)36)27-31-24-12-20(5-6-25(24)34(27)15-22-16-39-10-8-32(22)3)13-30-26(19(2)35)29(37)40-23-7-9-38-17-23/h5-6,11-12,14,19,22-23,26,30,35H,7-10,13,15-17H2,1-4H3. The number of imidazole rings is 1. The summed E-state index contributed by atoms with van der Waals surface area (Å²) in [5, 5.41) is 13.4. The molecule has 4 unspecified atom stereocenters. The number of pyridine rings is 1. The molecule has 2 aliphatic heterocycles. The number of nitrogens with zero attached hydrogens (tertiary/aromatic N) is 4. The summed E-state index contributed by atoms with van der Waals surface area (Å²) >= 11 is 0. The second kappa shape index (κ2) is 12.2. The number of carbonyl (C=O) groups excluding carboxylic acids is 1. The number of aromatic nitrogens is 3. The molecule has 11 heteroatoms. The molecule has 2 fully saturated rings. The molecule has 11 nitrogen and oxygen atoms in total. The molecule has 1 aromatic carbocycles. The maximum absolute atomic E-state index is 12.7. The number of ether oxygens (including phenoxy) is 3. The zero-order chi connectivity index (χ0) is 28.4. The SMILES string of the molecule is Cc1cc(-c2nc3cc(CNC(C(=O)OC4CCOC4)C(C)O)ccc3n2CC2COCCN2C)cn(C)c1=O. The van der Waals surface area contributed by atoms with Gasteiger partial charge in [0.25, 0.3) is 5.56 Å². The maximum Gasteiger partial charge on any atom is 0.326 e. The summed E-state index contributed by atoms with van der Waals surface area (Å²) in [6.45, 7) is 7.59. The Balaban J connectivity index is 1.43. The zero-order valence-corrected chi connectivity index (χ0v) is 23.6. The number of morpholine rings is 1. The summed E-state index contributed by atoms with van der Waals surface area (Å²) in [6.07, 6.45) is 1.29. The lowest BCUT2D eigenvalue weighted by Crippen LogP contribution is -2.46. The lowest BCUT2D eigenvalue weighted by molar-refractivity contribution is -0.154. The Morgan fingerprint density at radius 2 is 2.02 bits per heavy atom. The predicted molar refractivity (Wildman–Crippen MR) is 150 cm³/mol. The van der Waals surface area contributed by atoms with E-state index in [9.17, 15) is 14.7 Å². The number of benzene rings is 1. The van der Waals surface area contributed by atoms with E-state index in [0.29, 0.717) is 44.9 Å². The first-order valence-electron chi connectivity index (χ1n) is 13.9. The number of nitrogens with one attached hydrogen (secondary N) is 1. The molecule has 40 heavy (non-hydrogen) atoms. The summed E-state index contributed by atoms with van der Waals surface area (Å²) in [6, 6.07) is 7.24. The normalized spacial score (nSPS) is 21.5. The average Bonchev–Trinajstić information content (AvgIpc) is 3.56. The first-order chi connectivity index (χ1) is 19.2. The minimum atomic E-state index is -0.924. The summed E-state index contributed by atoms with van der Waals surface area (Å²) in [7, 11) is 3.86. The zero-order valence-electron chi connectivity index (χ0n) is 23.6. The van der Waals surface area contributed by atoms with Gasteiger partial charge in [-0.05, 0) is 44.7 Å². The fourth-order valence-electron chi connectivity index (χ4n) is 5.35. The van der Waals surface area contributed by atoms with Gasteiger partial charge >= 0.3 is 5.97 Å². The van der Waals surface area contributed by atoms with E-state index < -0.39 is 18.1 Å². The van der Waals surface area contributed by atoms with Crippen molar-refractivity contribution in [3.8, 4) is 11.4 Å². The van der Waals surface area contributed by atoms with Crippen LogP contribution < -0.4 is 10.9 Å². The number of hydrogen-bond acceptors (Lipinski definition) is 9. The van der Waals surface area contributed by atoms with Crippen molar-refractivity contribution in [3.63, 3.8) is 0 Å². The molecule has 0 radical (unpaired) electrons. The Labute approximate surface area is 233 Å². The summed E-state index contributed by atoms with van der Waals surface area (Å²) in [5.74, 6) is 0.295. The van der Waals surface area contributed by atoms with Gasteiger partial charge in [-0.2, -0.15) is 0 Å². The van der Waals surface area contributed by atoms with Gasteiger partial charge in [0.15, 0.2) is 0 Å². The topological polar surface area (TPSA) is 120 Å². The fourth-order valence-corrected chi connectivity index (χ4v) is 5.35. The maximum atomic E-state index is 12.7. The van der Waals surface area contributed by atoms with Crippen LogP contribution in [0.1, 0.15) is 24.5 Å². The van der Waals surface area contributed by atoms with Crippen molar-refractivity contribution < 1.29 is 24.1 Å². The number of hydrogen-bond donors (Lipinski definition) is 2. The van der Waals surface area contributed by atoms with Crippen molar-refractivity contribution in [2.24, 2.45) is 7.05 Å². The second-order valence-corrected chi connectivity index (χ2v) is 10.9. The number of esters is 1. The van der Waals surface area contributed by atoms with E-state index in [0.717, 1.165) is 41.1 Å². The molecule has 4 heterocycles. The highest BCUT2D eigenvalue weighted by Crippen LogP contribution is 2.27. The summed E-state index contributed by atoms with van der Waals surface area (Å²) in [4.78, 5) is 32.4. The lowest BCUT2D eigenvalue weighted by atomic mass is 10.1. The lowest BCUT2D eigenvalue weighted by Gasteiger charge is -2.33. The van der Waals surface area contributed by atoms with Crippen LogP contribution in [-0.4, -0.2) is 94.4 Å². The van der Waals surface area contributed by atoms with Crippen LogP contribution >= 0.6 is 0 Å². The molecule has 2 aromatic heterocycles. The molecule has 2 aliphatic rings. The average molecular weight is 554 g/mol. The summed E-state index contributed by atoms with van der Waals surface area (Å²) in [5.41, 5.74) is 4.17. The molecule has 4 atom stereocenters. The monoisotopic (exact) mass is 553 g/mol. The third kappa shape index (κ3) is 6.13. The van der Waals surface area contributed by atoms with E-state index in [1.807, 2.05) is 37.4 Å². The quantitative estimate of drug-likeness (QED) is 0.377. The van der Waals surface area contributed by atoms with Crippen LogP contribution in [0.25, 0.3) is 22.4 Å². The van der Waals surface area contributed by atoms with Gasteiger partial charge in [0.2, 0.25) is 0 Å². The number of carbonyl (C=O) groups is 1. The molecule has 0 saturated carbocycles. The molecular formula is C29H39N5O6. The molecule has 5 rings (SSSR count). The molecule has 0 amide bonds. The van der Waals surface area contributed by atoms with Gasteiger partial charge in [-0.25, -0.2) is 4.98 Å². The fraction of sp³-hybridized carbons (Fsp3) is 0.552. The summed E-state index contributed by atoms with van der Waals surface area (Å²) < 4.78 is 20.4. The third-order valence-corrected chi connectivity index (χ3v) is 7.78.